The third kappa shape index (κ3) is 9.42. The van der Waals surface area contributed by atoms with Gasteiger partial charge >= 0.3 is 0 Å². The second-order valence-corrected chi connectivity index (χ2v) is 19.4. The second-order valence-electron chi connectivity index (χ2n) is 11.8. The van der Waals surface area contributed by atoms with E-state index in [4.69, 9.17) is 0 Å². The van der Waals surface area contributed by atoms with Gasteiger partial charge in [-0.1, -0.05) is 74.5 Å². The van der Waals surface area contributed by atoms with Crippen LogP contribution in [0.5, 0.6) is 0 Å². The molecular formula is C34H41N3O8S4. The Balaban J connectivity index is 1.59. The van der Waals surface area contributed by atoms with Crippen LogP contribution in [0.4, 0.5) is 0 Å². The number of hydrogen-bond acceptors (Lipinski definition) is 8. The summed E-state index contributed by atoms with van der Waals surface area (Å²) in [6.45, 7) is 6.19. The Morgan fingerprint density at radius 3 is 1.14 bits per heavy atom. The Hall–Kier alpha value is -3.44. The molecule has 0 saturated heterocycles. The quantitative estimate of drug-likeness (QED) is 0.161. The van der Waals surface area contributed by atoms with Crippen LogP contribution in [0, 0.1) is 27.7 Å². The normalized spacial score (nSPS) is 12.9. The monoisotopic (exact) mass is 747 g/mol. The number of aryl methyl sites for hydroxylation is 4. The van der Waals surface area contributed by atoms with Gasteiger partial charge in [0.25, 0.3) is 20.0 Å². The molecule has 1 N–H and O–H groups in total. The van der Waals surface area contributed by atoms with E-state index in [1.54, 1.807) is 62.4 Å². The third-order valence-corrected chi connectivity index (χ3v) is 15.5. The van der Waals surface area contributed by atoms with Crippen molar-refractivity contribution in [3.63, 3.8) is 0 Å². The highest BCUT2D eigenvalue weighted by molar-refractivity contribution is 8.04. The van der Waals surface area contributed by atoms with Gasteiger partial charge in [0.1, 0.15) is 0 Å². The van der Waals surface area contributed by atoms with Crippen LogP contribution in [0.2, 0.25) is 0 Å². The van der Waals surface area contributed by atoms with E-state index in [1.807, 2.05) is 13.8 Å². The molecule has 49 heavy (non-hydrogen) atoms. The minimum absolute atomic E-state index is 0.00486. The zero-order chi connectivity index (χ0) is 36.0. The number of rotatable bonds is 16. The summed E-state index contributed by atoms with van der Waals surface area (Å²) >= 11 is 0. The molecule has 4 aromatic carbocycles. The van der Waals surface area contributed by atoms with Crippen LogP contribution in [-0.2, 0) is 40.1 Å². The smallest absolute Gasteiger partial charge is 0.211 e. The van der Waals surface area contributed by atoms with Crippen LogP contribution in [0.1, 0.15) is 35.1 Å². The molecule has 0 aliphatic carbocycles. The van der Waals surface area contributed by atoms with Crippen molar-refractivity contribution in [2.45, 2.75) is 60.1 Å². The molecule has 0 saturated carbocycles. The predicted octanol–water partition coefficient (Wildman–Crippen LogP) is 4.75. The average molecular weight is 748 g/mol. The molecule has 0 heterocycles. The van der Waals surface area contributed by atoms with E-state index in [0.717, 1.165) is 26.6 Å². The van der Waals surface area contributed by atoms with Crippen molar-refractivity contribution in [1.29, 1.82) is 0 Å². The molecule has 0 atom stereocenters. The number of hydrogen-bond donors (Lipinski definition) is 1. The number of sulfonamides is 4. The second kappa shape index (κ2) is 15.6. The standard InChI is InChI=1S/C34H41N3O8S4/c1-27-7-15-31(16-8-27)46(38,39)35-23-5-24-36(47(40,41)32-17-9-28(2)10-18-32)25-6-26-37(48(42,43)33-19-11-29(3)12-20-33)49(44,45)34-21-13-30(4)14-22-34/h7-22,35H,5-6,23-26H2,1-4H3. The lowest BCUT2D eigenvalue weighted by Crippen LogP contribution is -2.40. The van der Waals surface area contributed by atoms with Crippen LogP contribution in [0.15, 0.2) is 117 Å². The molecule has 4 rings (SSSR count). The minimum atomic E-state index is -4.59. The fourth-order valence-electron chi connectivity index (χ4n) is 4.88. The van der Waals surface area contributed by atoms with Crippen molar-refractivity contribution in [3.05, 3.63) is 119 Å². The van der Waals surface area contributed by atoms with E-state index >= 15 is 0 Å². The first-order chi connectivity index (χ1) is 22.9. The van der Waals surface area contributed by atoms with Gasteiger partial charge in [-0.15, -0.1) is 0 Å². The molecule has 0 aliphatic rings. The van der Waals surface area contributed by atoms with Gasteiger partial charge in [-0.2, -0.15) is 4.31 Å². The first-order valence-corrected chi connectivity index (χ1v) is 21.3. The van der Waals surface area contributed by atoms with Crippen molar-refractivity contribution in [2.75, 3.05) is 26.2 Å². The van der Waals surface area contributed by atoms with E-state index in [2.05, 4.69) is 4.72 Å². The van der Waals surface area contributed by atoms with Crippen LogP contribution in [0.25, 0.3) is 0 Å². The van der Waals surface area contributed by atoms with Crippen LogP contribution in [-0.4, -0.2) is 67.9 Å². The molecule has 0 unspecified atom stereocenters. The van der Waals surface area contributed by atoms with E-state index in [-0.39, 0.29) is 52.1 Å². The molecule has 0 fully saturated rings. The number of nitrogens with zero attached hydrogens (tertiary/aromatic N) is 2. The van der Waals surface area contributed by atoms with E-state index in [1.165, 1.54) is 48.5 Å². The molecule has 0 radical (unpaired) electrons. The molecule has 4 aromatic rings. The highest BCUT2D eigenvalue weighted by Gasteiger charge is 2.37. The van der Waals surface area contributed by atoms with E-state index in [0.29, 0.717) is 3.71 Å². The first kappa shape index (κ1) is 38.4. The van der Waals surface area contributed by atoms with E-state index < -0.39 is 46.6 Å². The third-order valence-electron chi connectivity index (χ3n) is 7.79. The molecule has 0 aliphatic heterocycles. The Morgan fingerprint density at radius 2 is 0.755 bits per heavy atom. The Labute approximate surface area is 290 Å². The lowest BCUT2D eigenvalue weighted by Gasteiger charge is -2.25. The summed E-state index contributed by atoms with van der Waals surface area (Å²) in [5.74, 6) is 0. The summed E-state index contributed by atoms with van der Waals surface area (Å²) in [6.07, 6.45) is -0.0976. The van der Waals surface area contributed by atoms with Gasteiger partial charge in [-0.25, -0.2) is 38.4 Å². The highest BCUT2D eigenvalue weighted by atomic mass is 32.3. The maximum absolute atomic E-state index is 13.8. The number of nitrogens with one attached hydrogen (secondary N) is 1. The SMILES string of the molecule is Cc1ccc(S(=O)(=O)NCCCN(CCCN(S(=O)(=O)c2ccc(C)cc2)S(=O)(=O)c2ccc(C)cc2)S(=O)(=O)c2ccc(C)cc2)cc1. The van der Waals surface area contributed by atoms with Crippen LogP contribution < -0.4 is 4.72 Å². The van der Waals surface area contributed by atoms with Gasteiger partial charge in [-0.3, -0.25) is 0 Å². The van der Waals surface area contributed by atoms with Gasteiger partial charge in [-0.05, 0) is 89.1 Å². The highest BCUT2D eigenvalue weighted by Crippen LogP contribution is 2.26. The van der Waals surface area contributed by atoms with Crippen LogP contribution in [0.3, 0.4) is 0 Å². The van der Waals surface area contributed by atoms with Crippen molar-refractivity contribution in [3.8, 4) is 0 Å². The lowest BCUT2D eigenvalue weighted by atomic mass is 10.2. The lowest BCUT2D eigenvalue weighted by molar-refractivity contribution is 0.387. The topological polar surface area (TPSA) is 155 Å². The summed E-state index contributed by atoms with van der Waals surface area (Å²) in [7, 11) is -17.2. The molecule has 15 heteroatoms. The molecule has 0 aromatic heterocycles. The Bertz CT molecular complexity index is 2100. The molecule has 264 valence electrons. The maximum atomic E-state index is 13.8. The summed E-state index contributed by atoms with van der Waals surface area (Å²) < 4.78 is 113. The van der Waals surface area contributed by atoms with Gasteiger partial charge in [0.15, 0.2) is 0 Å². The molecule has 0 spiro atoms. The average Bonchev–Trinajstić information content (AvgIpc) is 3.04. The zero-order valence-corrected chi connectivity index (χ0v) is 31.0. The van der Waals surface area contributed by atoms with E-state index in [9.17, 15) is 33.7 Å². The fraction of sp³-hybridized carbons (Fsp3) is 0.294. The van der Waals surface area contributed by atoms with Gasteiger partial charge in [0, 0.05) is 26.2 Å². The van der Waals surface area contributed by atoms with Crippen molar-refractivity contribution in [1.82, 2.24) is 12.7 Å². The molecular weight excluding hydrogens is 707 g/mol. The first-order valence-electron chi connectivity index (χ1n) is 15.5. The van der Waals surface area contributed by atoms with Crippen molar-refractivity contribution in [2.24, 2.45) is 0 Å². The summed E-state index contributed by atoms with van der Waals surface area (Å²) in [6, 6.07) is 24.1. The minimum Gasteiger partial charge on any atom is -0.211 e. The summed E-state index contributed by atoms with van der Waals surface area (Å²) in [5, 5.41) is 0. The molecule has 11 nitrogen and oxygen atoms in total. The molecule has 0 bridgehead atoms. The number of benzene rings is 4. The van der Waals surface area contributed by atoms with Gasteiger partial charge in [0.2, 0.25) is 20.0 Å². The van der Waals surface area contributed by atoms with Crippen molar-refractivity contribution < 1.29 is 33.7 Å². The van der Waals surface area contributed by atoms with Crippen molar-refractivity contribution >= 4 is 40.1 Å². The maximum Gasteiger partial charge on any atom is 0.256 e. The van der Waals surface area contributed by atoms with Gasteiger partial charge < -0.3 is 0 Å². The summed E-state index contributed by atoms with van der Waals surface area (Å²) in [4.78, 5) is -0.376. The molecule has 0 amide bonds. The largest absolute Gasteiger partial charge is 0.256 e. The fourth-order valence-corrected chi connectivity index (χ4v) is 11.2. The summed E-state index contributed by atoms with van der Waals surface area (Å²) in [5.41, 5.74) is 3.30. The van der Waals surface area contributed by atoms with Gasteiger partial charge in [0.05, 0.1) is 19.6 Å². The Kier molecular flexibility index (Phi) is 12.2. The zero-order valence-electron chi connectivity index (χ0n) is 27.8. The predicted molar refractivity (Wildman–Crippen MR) is 189 cm³/mol. The van der Waals surface area contributed by atoms with Crippen LogP contribution >= 0.6 is 0 Å². The Morgan fingerprint density at radius 1 is 0.429 bits per heavy atom.